The number of carbonyl (C=O) groups is 1. The fraction of sp³-hybridized carbons (Fsp3) is 0.227. The van der Waals surface area contributed by atoms with E-state index < -0.39 is 35.0 Å². The summed E-state index contributed by atoms with van der Waals surface area (Å²) in [6, 6.07) is 3.47. The Morgan fingerprint density at radius 1 is 1.18 bits per heavy atom. The SMILES string of the molecule is CN=C(C1=C(N)[C@H](C)N(C(=O)c2ncn(-c3cc(F)c[nH]c3=O)n2)CC1)c1cc(F)cc(F)c1. The quantitative estimate of drug-likeness (QED) is 0.563. The van der Waals surface area contributed by atoms with Gasteiger partial charge in [-0.1, -0.05) is 0 Å². The van der Waals surface area contributed by atoms with Crippen LogP contribution in [0, 0.1) is 17.5 Å². The Bertz CT molecular complexity index is 1370. The lowest BCUT2D eigenvalue weighted by Crippen LogP contribution is -2.47. The van der Waals surface area contributed by atoms with Crippen LogP contribution in [-0.2, 0) is 0 Å². The molecule has 9 nitrogen and oxygen atoms in total. The van der Waals surface area contributed by atoms with E-state index in [0.717, 1.165) is 29.3 Å². The predicted molar refractivity (Wildman–Crippen MR) is 117 cm³/mol. The molecule has 1 aliphatic heterocycles. The number of halogens is 3. The van der Waals surface area contributed by atoms with Crippen LogP contribution in [0.3, 0.4) is 0 Å². The smallest absolute Gasteiger partial charge is 0.294 e. The molecule has 0 fully saturated rings. The Kier molecular flexibility index (Phi) is 6.05. The number of nitrogens with zero attached hydrogens (tertiary/aromatic N) is 5. The highest BCUT2D eigenvalue weighted by atomic mass is 19.1. The first-order valence-corrected chi connectivity index (χ1v) is 10.2. The van der Waals surface area contributed by atoms with Crippen molar-refractivity contribution in [3.05, 3.63) is 87.3 Å². The van der Waals surface area contributed by atoms with Crippen molar-refractivity contribution < 1.29 is 18.0 Å². The van der Waals surface area contributed by atoms with Gasteiger partial charge in [-0.3, -0.25) is 14.6 Å². The summed E-state index contributed by atoms with van der Waals surface area (Å²) in [5, 5.41) is 4.02. The van der Waals surface area contributed by atoms with Gasteiger partial charge in [0.1, 0.15) is 29.5 Å². The van der Waals surface area contributed by atoms with Crippen molar-refractivity contribution in [2.45, 2.75) is 19.4 Å². The van der Waals surface area contributed by atoms with E-state index in [1.165, 1.54) is 24.1 Å². The van der Waals surface area contributed by atoms with Crippen LogP contribution in [0.1, 0.15) is 29.5 Å². The zero-order chi connectivity index (χ0) is 24.6. The highest BCUT2D eigenvalue weighted by molar-refractivity contribution is 6.13. The molecule has 12 heteroatoms. The molecule has 0 radical (unpaired) electrons. The van der Waals surface area contributed by atoms with E-state index in [2.05, 4.69) is 20.1 Å². The Morgan fingerprint density at radius 3 is 2.56 bits per heavy atom. The molecule has 0 spiro atoms. The number of aliphatic imine (C=N–C) groups is 1. The number of pyridine rings is 1. The van der Waals surface area contributed by atoms with Crippen molar-refractivity contribution in [3.8, 4) is 5.69 Å². The van der Waals surface area contributed by atoms with Gasteiger partial charge in [-0.15, -0.1) is 5.10 Å². The number of aromatic nitrogens is 4. The van der Waals surface area contributed by atoms with E-state index in [-0.39, 0.29) is 30.0 Å². The first kappa shape index (κ1) is 23.0. The van der Waals surface area contributed by atoms with Gasteiger partial charge in [0.25, 0.3) is 11.5 Å². The van der Waals surface area contributed by atoms with E-state index in [1.807, 2.05) is 0 Å². The predicted octanol–water partition coefficient (Wildman–Crippen LogP) is 1.94. The maximum Gasteiger partial charge on any atom is 0.294 e. The standard InChI is InChI=1S/C22H20F3N7O2/c1-11-18(26)16(19(27-2)12-5-13(23)7-14(24)6-12)3-4-31(11)22(34)20-29-10-32(30-20)17-8-15(25)9-28-21(17)33/h5-11H,3-4,26H2,1-2H3,(H,28,33)/t11-/m0/s1. The summed E-state index contributed by atoms with van der Waals surface area (Å²) in [7, 11) is 1.49. The molecule has 0 unspecified atom stereocenters. The minimum atomic E-state index is -0.741. The second kappa shape index (κ2) is 8.96. The molecule has 0 saturated heterocycles. The van der Waals surface area contributed by atoms with E-state index in [1.54, 1.807) is 6.92 Å². The van der Waals surface area contributed by atoms with Gasteiger partial charge in [0, 0.05) is 48.8 Å². The van der Waals surface area contributed by atoms with Gasteiger partial charge >= 0.3 is 0 Å². The molecule has 0 bridgehead atoms. The number of nitrogens with two attached hydrogens (primary N) is 1. The monoisotopic (exact) mass is 471 g/mol. The maximum absolute atomic E-state index is 13.7. The van der Waals surface area contributed by atoms with Crippen LogP contribution >= 0.6 is 0 Å². The summed E-state index contributed by atoms with van der Waals surface area (Å²) in [5.41, 5.74) is 7.07. The van der Waals surface area contributed by atoms with Crippen molar-refractivity contribution >= 4 is 11.6 Å². The minimum Gasteiger partial charge on any atom is -0.400 e. The Morgan fingerprint density at radius 2 is 1.88 bits per heavy atom. The van der Waals surface area contributed by atoms with Gasteiger partial charge in [-0.2, -0.15) is 0 Å². The zero-order valence-electron chi connectivity index (χ0n) is 18.2. The fourth-order valence-corrected chi connectivity index (χ4v) is 3.87. The molecule has 2 aromatic heterocycles. The summed E-state index contributed by atoms with van der Waals surface area (Å²) >= 11 is 0. The molecule has 3 aromatic rings. The zero-order valence-corrected chi connectivity index (χ0v) is 18.2. The van der Waals surface area contributed by atoms with Crippen molar-refractivity contribution in [2.75, 3.05) is 13.6 Å². The van der Waals surface area contributed by atoms with E-state index in [4.69, 9.17) is 5.73 Å². The second-order valence-electron chi connectivity index (χ2n) is 7.63. The molecule has 1 aliphatic rings. The maximum atomic E-state index is 13.7. The van der Waals surface area contributed by atoms with E-state index in [9.17, 15) is 22.8 Å². The number of hydrogen-bond acceptors (Lipinski definition) is 6. The number of rotatable bonds is 4. The average Bonchev–Trinajstić information content (AvgIpc) is 3.28. The molecular formula is C22H20F3N7O2. The van der Waals surface area contributed by atoms with E-state index in [0.29, 0.717) is 17.0 Å². The topological polar surface area (TPSA) is 122 Å². The molecule has 3 N–H and O–H groups in total. The van der Waals surface area contributed by atoms with Crippen LogP contribution in [0.25, 0.3) is 5.69 Å². The summed E-state index contributed by atoms with van der Waals surface area (Å²) in [5.74, 6) is -2.92. The molecule has 1 atom stereocenters. The normalized spacial score (nSPS) is 16.8. The number of aromatic amines is 1. The molecule has 1 aromatic carbocycles. The van der Waals surface area contributed by atoms with Crippen molar-refractivity contribution in [2.24, 2.45) is 10.7 Å². The van der Waals surface area contributed by atoms with Gasteiger partial charge in [0.05, 0.1) is 11.8 Å². The van der Waals surface area contributed by atoms with Crippen molar-refractivity contribution in [3.63, 3.8) is 0 Å². The van der Waals surface area contributed by atoms with Crippen LogP contribution in [0.2, 0.25) is 0 Å². The molecule has 3 heterocycles. The first-order valence-electron chi connectivity index (χ1n) is 10.2. The summed E-state index contributed by atoms with van der Waals surface area (Å²) in [4.78, 5) is 36.8. The lowest BCUT2D eigenvalue weighted by molar-refractivity contribution is 0.0694. The molecule has 176 valence electrons. The van der Waals surface area contributed by atoms with Gasteiger partial charge in [-0.05, 0) is 25.5 Å². The molecule has 0 saturated carbocycles. The number of nitrogens with one attached hydrogen (secondary N) is 1. The highest BCUT2D eigenvalue weighted by Crippen LogP contribution is 2.26. The average molecular weight is 471 g/mol. The molecule has 4 rings (SSSR count). The van der Waals surface area contributed by atoms with Gasteiger partial charge in [0.2, 0.25) is 5.82 Å². The highest BCUT2D eigenvalue weighted by Gasteiger charge is 2.32. The molecular weight excluding hydrogens is 451 g/mol. The van der Waals surface area contributed by atoms with Crippen LogP contribution in [0.4, 0.5) is 13.2 Å². The van der Waals surface area contributed by atoms with E-state index >= 15 is 0 Å². The molecule has 0 aliphatic carbocycles. The van der Waals surface area contributed by atoms with Gasteiger partial charge in [-0.25, -0.2) is 22.8 Å². The van der Waals surface area contributed by atoms with Crippen molar-refractivity contribution in [1.82, 2.24) is 24.6 Å². The van der Waals surface area contributed by atoms with Gasteiger partial charge in [0.15, 0.2) is 0 Å². The van der Waals surface area contributed by atoms with Crippen LogP contribution in [-0.4, -0.2) is 55.9 Å². The Hall–Kier alpha value is -4.22. The first-order chi connectivity index (χ1) is 16.2. The number of H-pyrrole nitrogens is 1. The third-order valence-electron chi connectivity index (χ3n) is 5.55. The number of amides is 1. The Balaban J connectivity index is 1.61. The van der Waals surface area contributed by atoms with Crippen LogP contribution in [0.5, 0.6) is 0 Å². The van der Waals surface area contributed by atoms with Crippen molar-refractivity contribution in [1.29, 1.82) is 0 Å². The lowest BCUT2D eigenvalue weighted by atomic mass is 9.91. The third kappa shape index (κ3) is 4.21. The number of benzene rings is 1. The summed E-state index contributed by atoms with van der Waals surface area (Å²) < 4.78 is 42.0. The number of hydrogen-bond donors (Lipinski definition) is 2. The second-order valence-corrected chi connectivity index (χ2v) is 7.63. The Labute approximate surface area is 191 Å². The molecule has 1 amide bonds. The van der Waals surface area contributed by atoms with Crippen LogP contribution < -0.4 is 11.3 Å². The summed E-state index contributed by atoms with van der Waals surface area (Å²) in [6.45, 7) is 1.90. The lowest BCUT2D eigenvalue weighted by Gasteiger charge is -2.35. The largest absolute Gasteiger partial charge is 0.400 e. The minimum absolute atomic E-state index is 0.133. The van der Waals surface area contributed by atoms with Gasteiger partial charge < -0.3 is 15.6 Å². The third-order valence-corrected chi connectivity index (χ3v) is 5.55. The van der Waals surface area contributed by atoms with Crippen LogP contribution in [0.15, 0.2) is 57.8 Å². The fourth-order valence-electron chi connectivity index (χ4n) is 3.87. The summed E-state index contributed by atoms with van der Waals surface area (Å²) in [6.07, 6.45) is 2.32. The number of carbonyl (C=O) groups excluding carboxylic acids is 1. The molecule has 34 heavy (non-hydrogen) atoms.